The van der Waals surface area contributed by atoms with Gasteiger partial charge in [-0.1, -0.05) is 18.2 Å². The highest BCUT2D eigenvalue weighted by atomic mass is 16.5. The van der Waals surface area contributed by atoms with Crippen LogP contribution in [-0.2, 0) is 4.79 Å². The van der Waals surface area contributed by atoms with Crippen molar-refractivity contribution < 1.29 is 9.53 Å². The SMILES string of the molecule is Cc1cccc(C)c1OCC(=O)N1CCC1. The quantitative estimate of drug-likeness (QED) is 0.777. The second-order valence-corrected chi connectivity index (χ2v) is 4.24. The molecule has 86 valence electrons. The lowest BCUT2D eigenvalue weighted by molar-refractivity contribution is -0.136. The molecule has 1 aliphatic rings. The summed E-state index contributed by atoms with van der Waals surface area (Å²) in [6.45, 7) is 5.92. The fraction of sp³-hybridized carbons (Fsp3) is 0.462. The second kappa shape index (κ2) is 4.56. The van der Waals surface area contributed by atoms with Crippen molar-refractivity contribution >= 4 is 5.91 Å². The molecule has 0 unspecified atom stereocenters. The Balaban J connectivity index is 1.96. The highest BCUT2D eigenvalue weighted by Gasteiger charge is 2.20. The molecule has 1 aromatic carbocycles. The molecule has 0 aromatic heterocycles. The lowest BCUT2D eigenvalue weighted by Gasteiger charge is -2.30. The van der Waals surface area contributed by atoms with E-state index in [1.54, 1.807) is 0 Å². The number of hydrogen-bond donors (Lipinski definition) is 0. The summed E-state index contributed by atoms with van der Waals surface area (Å²) in [6, 6.07) is 5.99. The summed E-state index contributed by atoms with van der Waals surface area (Å²) in [6.07, 6.45) is 1.12. The van der Waals surface area contributed by atoms with Gasteiger partial charge in [0.1, 0.15) is 5.75 Å². The molecule has 0 bridgehead atoms. The molecule has 3 nitrogen and oxygen atoms in total. The summed E-state index contributed by atoms with van der Waals surface area (Å²) >= 11 is 0. The van der Waals surface area contributed by atoms with Gasteiger partial charge >= 0.3 is 0 Å². The lowest BCUT2D eigenvalue weighted by Crippen LogP contribution is -2.44. The Morgan fingerprint density at radius 1 is 1.31 bits per heavy atom. The average Bonchev–Trinajstić information content (AvgIpc) is 2.14. The molecule has 1 amide bonds. The van der Waals surface area contributed by atoms with Gasteiger partial charge in [0.15, 0.2) is 6.61 Å². The molecule has 16 heavy (non-hydrogen) atoms. The minimum absolute atomic E-state index is 0.0916. The van der Waals surface area contributed by atoms with Crippen molar-refractivity contribution in [3.05, 3.63) is 29.3 Å². The van der Waals surface area contributed by atoms with E-state index < -0.39 is 0 Å². The summed E-state index contributed by atoms with van der Waals surface area (Å²) in [5.41, 5.74) is 2.16. The Bertz CT molecular complexity index is 377. The molecule has 0 saturated carbocycles. The Kier molecular flexibility index (Phi) is 3.13. The first-order valence-electron chi connectivity index (χ1n) is 5.65. The van der Waals surface area contributed by atoms with E-state index >= 15 is 0 Å². The van der Waals surface area contributed by atoms with Crippen LogP contribution in [-0.4, -0.2) is 30.5 Å². The molecule has 1 saturated heterocycles. The van der Waals surface area contributed by atoms with E-state index in [1.807, 2.05) is 36.9 Å². The van der Waals surface area contributed by atoms with Crippen LogP contribution in [0.1, 0.15) is 17.5 Å². The molecule has 1 aliphatic heterocycles. The molecule has 2 rings (SSSR count). The molecular weight excluding hydrogens is 202 g/mol. The maximum atomic E-state index is 11.6. The number of para-hydroxylation sites is 1. The smallest absolute Gasteiger partial charge is 0.260 e. The minimum Gasteiger partial charge on any atom is -0.483 e. The Labute approximate surface area is 96.0 Å². The number of rotatable bonds is 3. The van der Waals surface area contributed by atoms with Crippen molar-refractivity contribution in [3.63, 3.8) is 0 Å². The monoisotopic (exact) mass is 219 g/mol. The highest BCUT2D eigenvalue weighted by molar-refractivity contribution is 5.78. The largest absolute Gasteiger partial charge is 0.483 e. The van der Waals surface area contributed by atoms with Crippen LogP contribution in [0.2, 0.25) is 0 Å². The van der Waals surface area contributed by atoms with Gasteiger partial charge in [0.05, 0.1) is 0 Å². The summed E-state index contributed by atoms with van der Waals surface area (Å²) in [5.74, 6) is 0.935. The van der Waals surface area contributed by atoms with Gasteiger partial charge < -0.3 is 9.64 Å². The minimum atomic E-state index is 0.0916. The molecule has 1 fully saturated rings. The van der Waals surface area contributed by atoms with E-state index in [0.717, 1.165) is 36.4 Å². The Hall–Kier alpha value is -1.51. The van der Waals surface area contributed by atoms with Crippen molar-refractivity contribution in [1.82, 2.24) is 4.90 Å². The Morgan fingerprint density at radius 2 is 1.94 bits per heavy atom. The van der Waals surface area contributed by atoms with Gasteiger partial charge in [-0.3, -0.25) is 4.79 Å². The average molecular weight is 219 g/mol. The van der Waals surface area contributed by atoms with Gasteiger partial charge in [0.2, 0.25) is 0 Å². The maximum Gasteiger partial charge on any atom is 0.260 e. The first kappa shape index (κ1) is 11.0. The third kappa shape index (κ3) is 2.18. The fourth-order valence-electron chi connectivity index (χ4n) is 1.82. The van der Waals surface area contributed by atoms with Gasteiger partial charge in [-0.05, 0) is 31.4 Å². The number of aryl methyl sites for hydroxylation is 2. The molecular formula is C13H17NO2. The highest BCUT2D eigenvalue weighted by Crippen LogP contribution is 2.22. The Morgan fingerprint density at radius 3 is 2.44 bits per heavy atom. The summed E-state index contributed by atoms with van der Waals surface area (Å²) in [7, 11) is 0. The van der Waals surface area contributed by atoms with Crippen molar-refractivity contribution in [2.45, 2.75) is 20.3 Å². The number of carbonyl (C=O) groups excluding carboxylic acids is 1. The van der Waals surface area contributed by atoms with Crippen LogP contribution < -0.4 is 4.74 Å². The first-order valence-corrected chi connectivity index (χ1v) is 5.65. The summed E-state index contributed by atoms with van der Waals surface area (Å²) < 4.78 is 5.60. The van der Waals surface area contributed by atoms with Crippen molar-refractivity contribution in [3.8, 4) is 5.75 Å². The predicted octanol–water partition coefficient (Wildman–Crippen LogP) is 1.91. The zero-order chi connectivity index (χ0) is 11.5. The third-order valence-electron chi connectivity index (χ3n) is 2.96. The number of likely N-dealkylation sites (tertiary alicyclic amines) is 1. The van der Waals surface area contributed by atoms with Gasteiger partial charge in [-0.25, -0.2) is 0 Å². The molecule has 0 atom stereocenters. The van der Waals surface area contributed by atoms with E-state index in [2.05, 4.69) is 0 Å². The lowest BCUT2D eigenvalue weighted by atomic mass is 10.1. The van der Waals surface area contributed by atoms with Crippen LogP contribution in [0.15, 0.2) is 18.2 Å². The van der Waals surface area contributed by atoms with E-state index in [0.29, 0.717) is 0 Å². The molecule has 0 N–H and O–H groups in total. The summed E-state index contributed by atoms with van der Waals surface area (Å²) in [5, 5.41) is 0. The first-order chi connectivity index (χ1) is 7.68. The van der Waals surface area contributed by atoms with Crippen molar-refractivity contribution in [2.24, 2.45) is 0 Å². The van der Waals surface area contributed by atoms with Gasteiger partial charge in [0, 0.05) is 13.1 Å². The van der Waals surface area contributed by atoms with Crippen LogP contribution in [0, 0.1) is 13.8 Å². The standard InChI is InChI=1S/C13H17NO2/c1-10-5-3-6-11(2)13(10)16-9-12(15)14-7-4-8-14/h3,5-6H,4,7-9H2,1-2H3. The van der Waals surface area contributed by atoms with Crippen molar-refractivity contribution in [2.75, 3.05) is 19.7 Å². The van der Waals surface area contributed by atoms with Gasteiger partial charge in [0.25, 0.3) is 5.91 Å². The number of ether oxygens (including phenoxy) is 1. The molecule has 1 aromatic rings. The van der Waals surface area contributed by atoms with Crippen LogP contribution in [0.5, 0.6) is 5.75 Å². The molecule has 0 aliphatic carbocycles. The number of carbonyl (C=O) groups is 1. The zero-order valence-electron chi connectivity index (χ0n) is 9.82. The predicted molar refractivity (Wildman–Crippen MR) is 62.6 cm³/mol. The molecule has 0 spiro atoms. The topological polar surface area (TPSA) is 29.5 Å². The second-order valence-electron chi connectivity index (χ2n) is 4.24. The fourth-order valence-corrected chi connectivity index (χ4v) is 1.82. The number of nitrogens with zero attached hydrogens (tertiary/aromatic N) is 1. The maximum absolute atomic E-state index is 11.6. The van der Waals surface area contributed by atoms with Crippen LogP contribution in [0.4, 0.5) is 0 Å². The molecule has 3 heteroatoms. The van der Waals surface area contributed by atoms with Crippen LogP contribution in [0.3, 0.4) is 0 Å². The zero-order valence-corrected chi connectivity index (χ0v) is 9.82. The van der Waals surface area contributed by atoms with Crippen LogP contribution in [0.25, 0.3) is 0 Å². The number of hydrogen-bond acceptors (Lipinski definition) is 2. The number of amides is 1. The van der Waals surface area contributed by atoms with Gasteiger partial charge in [-0.15, -0.1) is 0 Å². The van der Waals surface area contributed by atoms with E-state index in [1.165, 1.54) is 0 Å². The van der Waals surface area contributed by atoms with Crippen molar-refractivity contribution in [1.29, 1.82) is 0 Å². The summed E-state index contributed by atoms with van der Waals surface area (Å²) in [4.78, 5) is 13.4. The van der Waals surface area contributed by atoms with Gasteiger partial charge in [-0.2, -0.15) is 0 Å². The molecule has 0 radical (unpaired) electrons. The van der Waals surface area contributed by atoms with E-state index in [4.69, 9.17) is 4.74 Å². The van der Waals surface area contributed by atoms with E-state index in [9.17, 15) is 4.79 Å². The molecule has 1 heterocycles. The van der Waals surface area contributed by atoms with E-state index in [-0.39, 0.29) is 12.5 Å². The third-order valence-corrected chi connectivity index (χ3v) is 2.96. The normalized spacial score (nSPS) is 14.5. The number of benzene rings is 1. The van der Waals surface area contributed by atoms with Crippen LogP contribution >= 0.6 is 0 Å².